The van der Waals surface area contributed by atoms with Gasteiger partial charge in [-0.3, -0.25) is 4.68 Å². The average molecular weight is 325 g/mol. The summed E-state index contributed by atoms with van der Waals surface area (Å²) >= 11 is 3.64. The molecule has 19 heavy (non-hydrogen) atoms. The second-order valence-electron chi connectivity index (χ2n) is 4.97. The van der Waals surface area contributed by atoms with E-state index in [-0.39, 0.29) is 6.04 Å². The summed E-state index contributed by atoms with van der Waals surface area (Å²) in [5, 5.41) is 4.53. The minimum atomic E-state index is 0.176. The standard InChI is InChI=1S/C14H21BrN4/c1-4-19-13(14(15)11(3)17-19)9-18-7-5-6-12(18)8-10(2)16/h5-7,10H,4,8-9,16H2,1-3H3. The van der Waals surface area contributed by atoms with Crippen molar-refractivity contribution in [3.05, 3.63) is 39.9 Å². The zero-order valence-electron chi connectivity index (χ0n) is 11.7. The molecule has 104 valence electrons. The van der Waals surface area contributed by atoms with Crippen LogP contribution in [0.3, 0.4) is 0 Å². The minimum absolute atomic E-state index is 0.176. The van der Waals surface area contributed by atoms with Gasteiger partial charge in [-0.05, 0) is 48.8 Å². The highest BCUT2D eigenvalue weighted by Crippen LogP contribution is 2.22. The molecule has 1 unspecified atom stereocenters. The predicted molar refractivity (Wildman–Crippen MR) is 81.2 cm³/mol. The molecule has 0 saturated carbocycles. The topological polar surface area (TPSA) is 48.8 Å². The van der Waals surface area contributed by atoms with Crippen molar-refractivity contribution in [1.29, 1.82) is 0 Å². The molecule has 0 radical (unpaired) electrons. The van der Waals surface area contributed by atoms with Crippen LogP contribution in [0.25, 0.3) is 0 Å². The first-order valence-electron chi connectivity index (χ1n) is 6.64. The lowest BCUT2D eigenvalue weighted by Crippen LogP contribution is -2.20. The van der Waals surface area contributed by atoms with Gasteiger partial charge in [-0.1, -0.05) is 0 Å². The Balaban J connectivity index is 2.29. The maximum atomic E-state index is 5.90. The Bertz CT molecular complexity index is 554. The fourth-order valence-electron chi connectivity index (χ4n) is 2.30. The van der Waals surface area contributed by atoms with Crippen LogP contribution in [0.4, 0.5) is 0 Å². The van der Waals surface area contributed by atoms with Gasteiger partial charge in [0, 0.05) is 30.9 Å². The number of hydrogen-bond acceptors (Lipinski definition) is 2. The van der Waals surface area contributed by atoms with Crippen LogP contribution in [0.2, 0.25) is 0 Å². The quantitative estimate of drug-likeness (QED) is 0.919. The summed E-state index contributed by atoms with van der Waals surface area (Å²) in [6.45, 7) is 7.88. The molecule has 2 aromatic rings. The van der Waals surface area contributed by atoms with E-state index >= 15 is 0 Å². The maximum absolute atomic E-state index is 5.90. The second kappa shape index (κ2) is 5.92. The summed E-state index contributed by atoms with van der Waals surface area (Å²) in [5.74, 6) is 0. The first kappa shape index (κ1) is 14.3. The van der Waals surface area contributed by atoms with E-state index in [4.69, 9.17) is 5.73 Å². The van der Waals surface area contributed by atoms with Gasteiger partial charge in [0.05, 0.1) is 22.4 Å². The highest BCUT2D eigenvalue weighted by atomic mass is 79.9. The number of hydrogen-bond donors (Lipinski definition) is 1. The maximum Gasteiger partial charge on any atom is 0.0739 e. The minimum Gasteiger partial charge on any atom is -0.345 e. The highest BCUT2D eigenvalue weighted by molar-refractivity contribution is 9.10. The van der Waals surface area contributed by atoms with E-state index in [0.29, 0.717) is 0 Å². The highest BCUT2D eigenvalue weighted by Gasteiger charge is 2.13. The molecule has 0 spiro atoms. The summed E-state index contributed by atoms with van der Waals surface area (Å²) in [4.78, 5) is 0. The molecule has 0 aliphatic heterocycles. The summed E-state index contributed by atoms with van der Waals surface area (Å²) in [7, 11) is 0. The van der Waals surface area contributed by atoms with Crippen molar-refractivity contribution >= 4 is 15.9 Å². The van der Waals surface area contributed by atoms with Crippen molar-refractivity contribution < 1.29 is 0 Å². The first-order chi connectivity index (χ1) is 9.02. The van der Waals surface area contributed by atoms with E-state index < -0.39 is 0 Å². The summed E-state index contributed by atoms with van der Waals surface area (Å²) in [6, 6.07) is 4.39. The van der Waals surface area contributed by atoms with Crippen LogP contribution in [-0.2, 0) is 19.5 Å². The van der Waals surface area contributed by atoms with Crippen molar-refractivity contribution in [2.24, 2.45) is 5.73 Å². The van der Waals surface area contributed by atoms with Gasteiger partial charge in [0.2, 0.25) is 0 Å². The van der Waals surface area contributed by atoms with E-state index in [2.05, 4.69) is 55.5 Å². The van der Waals surface area contributed by atoms with Crippen LogP contribution in [0.1, 0.15) is 30.9 Å². The van der Waals surface area contributed by atoms with E-state index in [1.807, 2.05) is 13.8 Å². The summed E-state index contributed by atoms with van der Waals surface area (Å²) in [6.07, 6.45) is 3.00. The number of nitrogens with zero attached hydrogens (tertiary/aromatic N) is 3. The molecule has 2 aromatic heterocycles. The molecule has 5 heteroatoms. The summed E-state index contributed by atoms with van der Waals surface area (Å²) in [5.41, 5.74) is 9.41. The lowest BCUT2D eigenvalue weighted by atomic mass is 10.2. The number of aryl methyl sites for hydroxylation is 2. The molecular formula is C14H21BrN4. The van der Waals surface area contributed by atoms with Gasteiger partial charge in [-0.25, -0.2) is 0 Å². The van der Waals surface area contributed by atoms with Crippen molar-refractivity contribution in [2.45, 2.75) is 46.3 Å². The summed E-state index contributed by atoms with van der Waals surface area (Å²) < 4.78 is 5.40. The number of rotatable bonds is 5. The molecular weight excluding hydrogens is 304 g/mol. The Morgan fingerprint density at radius 3 is 2.84 bits per heavy atom. The van der Waals surface area contributed by atoms with Crippen LogP contribution in [0, 0.1) is 6.92 Å². The molecule has 0 bridgehead atoms. The largest absolute Gasteiger partial charge is 0.345 e. The van der Waals surface area contributed by atoms with Gasteiger partial charge in [0.25, 0.3) is 0 Å². The van der Waals surface area contributed by atoms with Crippen LogP contribution >= 0.6 is 15.9 Å². The Kier molecular flexibility index (Phi) is 4.47. The number of nitrogens with two attached hydrogens (primary N) is 1. The van der Waals surface area contributed by atoms with Crippen LogP contribution in [-0.4, -0.2) is 20.4 Å². The van der Waals surface area contributed by atoms with Crippen molar-refractivity contribution in [1.82, 2.24) is 14.3 Å². The second-order valence-corrected chi connectivity index (χ2v) is 5.76. The number of aromatic nitrogens is 3. The van der Waals surface area contributed by atoms with Crippen LogP contribution < -0.4 is 5.73 Å². The fraction of sp³-hybridized carbons (Fsp3) is 0.500. The average Bonchev–Trinajstić information content (AvgIpc) is 2.88. The van der Waals surface area contributed by atoms with Gasteiger partial charge in [0.15, 0.2) is 0 Å². The molecule has 0 fully saturated rings. The van der Waals surface area contributed by atoms with Crippen molar-refractivity contribution in [3.63, 3.8) is 0 Å². The molecule has 2 N–H and O–H groups in total. The molecule has 0 amide bonds. The SMILES string of the molecule is CCn1nc(C)c(Br)c1Cn1cccc1CC(C)N. The molecule has 4 nitrogen and oxygen atoms in total. The third-order valence-corrected chi connectivity index (χ3v) is 4.26. The van der Waals surface area contributed by atoms with Gasteiger partial charge in [-0.15, -0.1) is 0 Å². The van der Waals surface area contributed by atoms with Crippen LogP contribution in [0.5, 0.6) is 0 Å². The molecule has 2 heterocycles. The van der Waals surface area contributed by atoms with E-state index in [1.165, 1.54) is 11.4 Å². The van der Waals surface area contributed by atoms with E-state index in [0.717, 1.165) is 29.7 Å². The fourth-order valence-corrected chi connectivity index (χ4v) is 2.71. The Hall–Kier alpha value is -1.07. The van der Waals surface area contributed by atoms with E-state index in [9.17, 15) is 0 Å². The Labute approximate surface area is 122 Å². The third kappa shape index (κ3) is 3.09. The van der Waals surface area contributed by atoms with E-state index in [1.54, 1.807) is 0 Å². The third-order valence-electron chi connectivity index (χ3n) is 3.23. The first-order valence-corrected chi connectivity index (χ1v) is 7.43. The predicted octanol–water partition coefficient (Wildman–Crippen LogP) is 2.71. The monoisotopic (exact) mass is 324 g/mol. The molecule has 0 aromatic carbocycles. The Morgan fingerprint density at radius 1 is 1.47 bits per heavy atom. The van der Waals surface area contributed by atoms with Crippen molar-refractivity contribution in [3.8, 4) is 0 Å². The zero-order valence-corrected chi connectivity index (χ0v) is 13.3. The molecule has 2 rings (SSSR count). The normalized spacial score (nSPS) is 12.9. The molecule has 0 saturated heterocycles. The smallest absolute Gasteiger partial charge is 0.0739 e. The van der Waals surface area contributed by atoms with Gasteiger partial charge >= 0.3 is 0 Å². The van der Waals surface area contributed by atoms with Crippen molar-refractivity contribution in [2.75, 3.05) is 0 Å². The lowest BCUT2D eigenvalue weighted by Gasteiger charge is -2.12. The number of halogens is 1. The Morgan fingerprint density at radius 2 is 2.21 bits per heavy atom. The molecule has 1 atom stereocenters. The lowest BCUT2D eigenvalue weighted by molar-refractivity contribution is 0.583. The zero-order chi connectivity index (χ0) is 14.0. The molecule has 0 aliphatic carbocycles. The van der Waals surface area contributed by atoms with Gasteiger partial charge in [0.1, 0.15) is 0 Å². The van der Waals surface area contributed by atoms with Gasteiger partial charge in [-0.2, -0.15) is 5.10 Å². The van der Waals surface area contributed by atoms with Crippen LogP contribution in [0.15, 0.2) is 22.8 Å². The molecule has 0 aliphatic rings. The van der Waals surface area contributed by atoms with Gasteiger partial charge < -0.3 is 10.3 Å².